The van der Waals surface area contributed by atoms with E-state index in [1.54, 1.807) is 10.4 Å². The van der Waals surface area contributed by atoms with E-state index in [1.165, 1.54) is 24.1 Å². The van der Waals surface area contributed by atoms with Gasteiger partial charge in [0.15, 0.2) is 0 Å². The highest BCUT2D eigenvalue weighted by Crippen LogP contribution is 2.34. The van der Waals surface area contributed by atoms with Crippen molar-refractivity contribution in [1.82, 2.24) is 15.3 Å². The Balaban J connectivity index is 1.80. The topological polar surface area (TPSA) is 40.7 Å². The molecule has 0 saturated heterocycles. The van der Waals surface area contributed by atoms with Crippen molar-refractivity contribution in [3.05, 3.63) is 39.6 Å². The number of aromatic amines is 1. The number of nitrogens with zero attached hydrogens (tertiary/aromatic N) is 1. The summed E-state index contributed by atoms with van der Waals surface area (Å²) in [6.07, 6.45) is 8.51. The Morgan fingerprint density at radius 3 is 3.18 bits per heavy atom. The van der Waals surface area contributed by atoms with Gasteiger partial charge in [0.05, 0.1) is 0 Å². The van der Waals surface area contributed by atoms with Crippen LogP contribution in [0.3, 0.4) is 0 Å². The first-order valence-corrected chi connectivity index (χ1v) is 6.95. The molecule has 0 bridgehead atoms. The lowest BCUT2D eigenvalue weighted by molar-refractivity contribution is 0.587. The highest BCUT2D eigenvalue weighted by atomic mass is 32.1. The summed E-state index contributed by atoms with van der Waals surface area (Å²) in [6, 6.07) is 2.77. The molecule has 1 aliphatic carbocycles. The molecule has 0 aromatic carbocycles. The first-order valence-electron chi connectivity index (χ1n) is 6.14. The fourth-order valence-electron chi connectivity index (χ4n) is 2.47. The van der Waals surface area contributed by atoms with Crippen LogP contribution in [-0.2, 0) is 19.3 Å². The zero-order chi connectivity index (χ0) is 11.7. The van der Waals surface area contributed by atoms with Crippen molar-refractivity contribution in [2.75, 3.05) is 7.05 Å². The predicted molar refractivity (Wildman–Crippen MR) is 70.4 cm³/mol. The second-order valence-electron chi connectivity index (χ2n) is 4.53. The molecule has 4 heteroatoms. The van der Waals surface area contributed by atoms with Gasteiger partial charge in [-0.1, -0.05) is 0 Å². The normalized spacial score (nSPS) is 16.1. The van der Waals surface area contributed by atoms with Gasteiger partial charge >= 0.3 is 0 Å². The van der Waals surface area contributed by atoms with E-state index in [0.29, 0.717) is 6.04 Å². The quantitative estimate of drug-likeness (QED) is 0.871. The van der Waals surface area contributed by atoms with Gasteiger partial charge in [0.1, 0.15) is 5.82 Å². The van der Waals surface area contributed by atoms with Crippen LogP contribution in [0.25, 0.3) is 0 Å². The second-order valence-corrected chi connectivity index (χ2v) is 5.70. The lowest BCUT2D eigenvalue weighted by atomic mass is 10.1. The molecule has 90 valence electrons. The molecule has 1 unspecified atom stereocenters. The lowest BCUT2D eigenvalue weighted by Gasteiger charge is -2.12. The number of aromatic nitrogens is 2. The van der Waals surface area contributed by atoms with E-state index < -0.39 is 0 Å². The first kappa shape index (κ1) is 11.0. The van der Waals surface area contributed by atoms with E-state index in [1.807, 2.05) is 30.8 Å². The van der Waals surface area contributed by atoms with Crippen molar-refractivity contribution in [1.29, 1.82) is 0 Å². The summed E-state index contributed by atoms with van der Waals surface area (Å²) >= 11 is 1.97. The van der Waals surface area contributed by atoms with E-state index in [4.69, 9.17) is 0 Å². The van der Waals surface area contributed by atoms with Crippen LogP contribution in [0.4, 0.5) is 0 Å². The molecule has 2 N–H and O–H groups in total. The van der Waals surface area contributed by atoms with Gasteiger partial charge in [-0.05, 0) is 37.9 Å². The Kier molecular flexibility index (Phi) is 2.99. The maximum absolute atomic E-state index is 4.30. The minimum absolute atomic E-state index is 0.386. The van der Waals surface area contributed by atoms with Crippen molar-refractivity contribution < 1.29 is 0 Å². The number of imidazole rings is 1. The standard InChI is InChI=1S/C13H17N3S/c1-14-10(8-13-15-5-6-16-13)12-7-9-3-2-4-11(9)17-12/h5-7,10,14H,2-4,8H2,1H3,(H,15,16). The van der Waals surface area contributed by atoms with Gasteiger partial charge in [0.2, 0.25) is 0 Å². The Labute approximate surface area is 105 Å². The average molecular weight is 247 g/mol. The monoisotopic (exact) mass is 247 g/mol. The van der Waals surface area contributed by atoms with E-state index in [0.717, 1.165) is 12.2 Å². The number of hydrogen-bond acceptors (Lipinski definition) is 3. The van der Waals surface area contributed by atoms with E-state index >= 15 is 0 Å². The van der Waals surface area contributed by atoms with Crippen LogP contribution in [0.2, 0.25) is 0 Å². The smallest absolute Gasteiger partial charge is 0.107 e. The van der Waals surface area contributed by atoms with Gasteiger partial charge in [-0.15, -0.1) is 11.3 Å². The SMILES string of the molecule is CNC(Cc1ncc[nH]1)c1cc2c(s1)CCC2. The molecular weight excluding hydrogens is 230 g/mol. The van der Waals surface area contributed by atoms with Crippen LogP contribution in [0.1, 0.15) is 33.6 Å². The third-order valence-electron chi connectivity index (χ3n) is 3.41. The summed E-state index contributed by atoms with van der Waals surface area (Å²) in [5.74, 6) is 1.05. The fourth-order valence-corrected chi connectivity index (χ4v) is 3.84. The van der Waals surface area contributed by atoms with E-state index in [2.05, 4.69) is 21.4 Å². The van der Waals surface area contributed by atoms with Gasteiger partial charge in [-0.3, -0.25) is 0 Å². The van der Waals surface area contributed by atoms with Gasteiger partial charge < -0.3 is 10.3 Å². The zero-order valence-electron chi connectivity index (χ0n) is 9.99. The first-order chi connectivity index (χ1) is 8.36. The molecule has 17 heavy (non-hydrogen) atoms. The Morgan fingerprint density at radius 2 is 2.47 bits per heavy atom. The maximum atomic E-state index is 4.30. The third kappa shape index (κ3) is 2.15. The molecule has 0 radical (unpaired) electrons. The number of thiophene rings is 1. The molecule has 3 nitrogen and oxygen atoms in total. The van der Waals surface area contributed by atoms with Crippen LogP contribution in [0.5, 0.6) is 0 Å². The number of likely N-dealkylation sites (N-methyl/N-ethyl adjacent to an activating group) is 1. The van der Waals surface area contributed by atoms with Crippen molar-refractivity contribution in [3.63, 3.8) is 0 Å². The Morgan fingerprint density at radius 1 is 1.53 bits per heavy atom. The molecular formula is C13H17N3S. The molecule has 2 aromatic heterocycles. The molecule has 3 rings (SSSR count). The largest absolute Gasteiger partial charge is 0.349 e. The third-order valence-corrected chi connectivity index (χ3v) is 4.76. The van der Waals surface area contributed by atoms with Crippen LogP contribution in [-0.4, -0.2) is 17.0 Å². The minimum Gasteiger partial charge on any atom is -0.349 e. The predicted octanol–water partition coefficient (Wildman–Crippen LogP) is 2.46. The van der Waals surface area contributed by atoms with Crippen molar-refractivity contribution in [2.45, 2.75) is 31.7 Å². The average Bonchev–Trinajstić information content (AvgIpc) is 3.01. The number of fused-ring (bicyclic) bond motifs is 1. The van der Waals surface area contributed by atoms with Crippen molar-refractivity contribution in [2.24, 2.45) is 0 Å². The van der Waals surface area contributed by atoms with Crippen molar-refractivity contribution >= 4 is 11.3 Å². The number of nitrogens with one attached hydrogen (secondary N) is 2. The molecule has 1 atom stereocenters. The van der Waals surface area contributed by atoms with Gasteiger partial charge in [0.25, 0.3) is 0 Å². The van der Waals surface area contributed by atoms with Crippen LogP contribution in [0.15, 0.2) is 18.5 Å². The maximum Gasteiger partial charge on any atom is 0.107 e. The second kappa shape index (κ2) is 4.63. The van der Waals surface area contributed by atoms with Gasteiger partial charge in [-0.25, -0.2) is 4.98 Å². The molecule has 0 fully saturated rings. The van der Waals surface area contributed by atoms with E-state index in [9.17, 15) is 0 Å². The molecule has 2 heterocycles. The summed E-state index contributed by atoms with van der Waals surface area (Å²) in [4.78, 5) is 10.5. The Bertz CT molecular complexity index is 465. The lowest BCUT2D eigenvalue weighted by Crippen LogP contribution is -2.18. The van der Waals surface area contributed by atoms with Crippen LogP contribution < -0.4 is 5.32 Å². The van der Waals surface area contributed by atoms with Crippen LogP contribution in [0, 0.1) is 0 Å². The van der Waals surface area contributed by atoms with Crippen molar-refractivity contribution in [3.8, 4) is 0 Å². The molecule has 1 aliphatic rings. The summed E-state index contributed by atoms with van der Waals surface area (Å²) in [6.45, 7) is 0. The number of H-pyrrole nitrogens is 1. The van der Waals surface area contributed by atoms with Gasteiger partial charge in [-0.2, -0.15) is 0 Å². The molecule has 0 saturated carbocycles. The zero-order valence-corrected chi connectivity index (χ0v) is 10.8. The highest BCUT2D eigenvalue weighted by molar-refractivity contribution is 7.12. The van der Waals surface area contributed by atoms with Crippen LogP contribution >= 0.6 is 11.3 Å². The molecule has 2 aromatic rings. The summed E-state index contributed by atoms with van der Waals surface area (Å²) < 4.78 is 0. The number of aryl methyl sites for hydroxylation is 2. The number of rotatable bonds is 4. The summed E-state index contributed by atoms with van der Waals surface area (Å²) in [7, 11) is 2.03. The Hall–Kier alpha value is -1.13. The number of hydrogen-bond donors (Lipinski definition) is 2. The summed E-state index contributed by atoms with van der Waals surface area (Å²) in [5, 5.41) is 3.40. The molecule has 0 aliphatic heterocycles. The van der Waals surface area contributed by atoms with Gasteiger partial charge in [0, 0.05) is 34.6 Å². The highest BCUT2D eigenvalue weighted by Gasteiger charge is 2.19. The van der Waals surface area contributed by atoms with E-state index in [-0.39, 0.29) is 0 Å². The molecule has 0 spiro atoms. The molecule has 0 amide bonds. The minimum atomic E-state index is 0.386. The fraction of sp³-hybridized carbons (Fsp3) is 0.462. The summed E-state index contributed by atoms with van der Waals surface area (Å²) in [5.41, 5.74) is 1.57.